The van der Waals surface area contributed by atoms with Gasteiger partial charge in [0, 0.05) is 49.3 Å². The van der Waals surface area contributed by atoms with Gasteiger partial charge in [0.15, 0.2) is 0 Å². The van der Waals surface area contributed by atoms with Crippen molar-refractivity contribution < 1.29 is 9.59 Å². The fourth-order valence-electron chi connectivity index (χ4n) is 3.64. The molecule has 2 amide bonds. The van der Waals surface area contributed by atoms with Gasteiger partial charge in [0.25, 0.3) is 5.91 Å². The van der Waals surface area contributed by atoms with Crippen molar-refractivity contribution in [2.24, 2.45) is 7.05 Å². The van der Waals surface area contributed by atoms with Gasteiger partial charge < -0.3 is 14.8 Å². The summed E-state index contributed by atoms with van der Waals surface area (Å²) in [6.45, 7) is 2.71. The highest BCUT2D eigenvalue weighted by Gasteiger charge is 2.23. The number of imidazole rings is 1. The van der Waals surface area contributed by atoms with Crippen molar-refractivity contribution in [3.05, 3.63) is 66.0 Å². The molecule has 1 N–H and O–H groups in total. The molecule has 28 heavy (non-hydrogen) atoms. The lowest BCUT2D eigenvalue weighted by molar-refractivity contribution is -0.117. The third-order valence-electron chi connectivity index (χ3n) is 5.05. The predicted molar refractivity (Wildman–Crippen MR) is 109 cm³/mol. The van der Waals surface area contributed by atoms with Crippen LogP contribution in [0.5, 0.6) is 0 Å². The zero-order valence-electron chi connectivity index (χ0n) is 16.0. The van der Waals surface area contributed by atoms with Crippen molar-refractivity contribution in [3.63, 3.8) is 0 Å². The highest BCUT2D eigenvalue weighted by Crippen LogP contribution is 2.28. The Labute approximate surface area is 163 Å². The Balaban J connectivity index is 1.59. The molecule has 1 fully saturated rings. The summed E-state index contributed by atoms with van der Waals surface area (Å²) in [4.78, 5) is 31.1. The fraction of sp³-hybridized carbons (Fsp3) is 0.227. The minimum Gasteiger partial charge on any atom is -0.334 e. The van der Waals surface area contributed by atoms with E-state index in [2.05, 4.69) is 10.3 Å². The number of hydrogen-bond donors (Lipinski definition) is 1. The van der Waals surface area contributed by atoms with Crippen molar-refractivity contribution in [1.29, 1.82) is 0 Å². The minimum atomic E-state index is -0.192. The molecule has 0 radical (unpaired) electrons. The standard InChI is InChI=1S/C22H22N4O2/c1-15-14-16(9-10-19(15)26-12-5-8-20(26)27)24-22(28)18-7-4-3-6-17(18)21-23-11-13-25(21)2/h3-4,6-7,9-11,13-14H,5,8,12H2,1-2H3,(H,24,28). The number of aromatic nitrogens is 2. The van der Waals surface area contributed by atoms with E-state index < -0.39 is 0 Å². The SMILES string of the molecule is Cc1cc(NC(=O)c2ccccc2-c2nccn2C)ccc1N1CCCC1=O. The molecule has 4 rings (SSSR count). The molecule has 0 atom stereocenters. The van der Waals surface area contributed by atoms with E-state index in [1.165, 1.54) is 0 Å². The zero-order chi connectivity index (χ0) is 19.7. The maximum absolute atomic E-state index is 12.9. The van der Waals surface area contributed by atoms with Crippen LogP contribution < -0.4 is 10.2 Å². The lowest BCUT2D eigenvalue weighted by Gasteiger charge is -2.19. The molecule has 6 nitrogen and oxygen atoms in total. The van der Waals surface area contributed by atoms with Crippen molar-refractivity contribution in [2.45, 2.75) is 19.8 Å². The summed E-state index contributed by atoms with van der Waals surface area (Å²) < 4.78 is 1.89. The molecule has 2 heterocycles. The molecule has 1 saturated heterocycles. The molecule has 6 heteroatoms. The van der Waals surface area contributed by atoms with Gasteiger partial charge in [-0.1, -0.05) is 18.2 Å². The van der Waals surface area contributed by atoms with Crippen molar-refractivity contribution in [1.82, 2.24) is 9.55 Å². The average molecular weight is 374 g/mol. The number of amides is 2. The Morgan fingerprint density at radius 1 is 1.18 bits per heavy atom. The Bertz CT molecular complexity index is 1050. The van der Waals surface area contributed by atoms with E-state index in [9.17, 15) is 9.59 Å². The molecule has 142 valence electrons. The zero-order valence-corrected chi connectivity index (χ0v) is 16.0. The smallest absolute Gasteiger partial charge is 0.256 e. The second kappa shape index (κ2) is 7.31. The molecule has 0 bridgehead atoms. The molecule has 0 spiro atoms. The molecule has 0 aliphatic carbocycles. The number of carbonyl (C=O) groups is 2. The van der Waals surface area contributed by atoms with Crippen LogP contribution in [0.2, 0.25) is 0 Å². The molecular formula is C22H22N4O2. The fourth-order valence-corrected chi connectivity index (χ4v) is 3.64. The van der Waals surface area contributed by atoms with Gasteiger partial charge in [-0.2, -0.15) is 0 Å². The summed E-state index contributed by atoms with van der Waals surface area (Å²) in [6.07, 6.45) is 5.06. The minimum absolute atomic E-state index is 0.156. The quantitative estimate of drug-likeness (QED) is 0.756. The molecule has 1 aliphatic heterocycles. The van der Waals surface area contributed by atoms with Gasteiger partial charge in [0.2, 0.25) is 5.91 Å². The first-order valence-electron chi connectivity index (χ1n) is 9.33. The van der Waals surface area contributed by atoms with Crippen LogP contribution in [0.4, 0.5) is 11.4 Å². The molecule has 1 aromatic heterocycles. The van der Waals surface area contributed by atoms with E-state index in [0.717, 1.165) is 35.6 Å². The first-order valence-corrected chi connectivity index (χ1v) is 9.33. The van der Waals surface area contributed by atoms with E-state index in [1.54, 1.807) is 12.3 Å². The number of hydrogen-bond acceptors (Lipinski definition) is 3. The average Bonchev–Trinajstić information content (AvgIpc) is 3.30. The van der Waals surface area contributed by atoms with E-state index in [1.807, 2.05) is 66.0 Å². The summed E-state index contributed by atoms with van der Waals surface area (Å²) in [6, 6.07) is 13.1. The second-order valence-corrected chi connectivity index (χ2v) is 7.01. The summed E-state index contributed by atoms with van der Waals surface area (Å²) in [7, 11) is 1.90. The van der Waals surface area contributed by atoms with Crippen LogP contribution in [0, 0.1) is 6.92 Å². The third-order valence-corrected chi connectivity index (χ3v) is 5.05. The van der Waals surface area contributed by atoms with Crippen LogP contribution in [-0.4, -0.2) is 27.9 Å². The largest absolute Gasteiger partial charge is 0.334 e. The second-order valence-electron chi connectivity index (χ2n) is 7.01. The summed E-state index contributed by atoms with van der Waals surface area (Å²) >= 11 is 0. The molecule has 1 aliphatic rings. The van der Waals surface area contributed by atoms with Crippen LogP contribution in [0.3, 0.4) is 0 Å². The highest BCUT2D eigenvalue weighted by atomic mass is 16.2. The summed E-state index contributed by atoms with van der Waals surface area (Å²) in [5, 5.41) is 2.97. The third kappa shape index (κ3) is 3.29. The number of aryl methyl sites for hydroxylation is 2. The van der Waals surface area contributed by atoms with Gasteiger partial charge in [-0.05, 0) is 43.2 Å². The van der Waals surface area contributed by atoms with Crippen LogP contribution in [-0.2, 0) is 11.8 Å². The van der Waals surface area contributed by atoms with Crippen LogP contribution in [0.1, 0.15) is 28.8 Å². The number of carbonyl (C=O) groups excluding carboxylic acids is 2. The lowest BCUT2D eigenvalue weighted by Crippen LogP contribution is -2.24. The van der Waals surface area contributed by atoms with Crippen LogP contribution in [0.15, 0.2) is 54.9 Å². The van der Waals surface area contributed by atoms with Gasteiger partial charge in [-0.3, -0.25) is 9.59 Å². The Morgan fingerprint density at radius 3 is 2.68 bits per heavy atom. The maximum atomic E-state index is 12.9. The number of nitrogens with one attached hydrogen (secondary N) is 1. The monoisotopic (exact) mass is 374 g/mol. The van der Waals surface area contributed by atoms with Crippen molar-refractivity contribution in [2.75, 3.05) is 16.8 Å². The van der Waals surface area contributed by atoms with Crippen molar-refractivity contribution >= 4 is 23.2 Å². The molecule has 2 aromatic carbocycles. The van der Waals surface area contributed by atoms with E-state index in [4.69, 9.17) is 0 Å². The Kier molecular flexibility index (Phi) is 4.69. The molecule has 0 unspecified atom stereocenters. The Hall–Kier alpha value is -3.41. The van der Waals surface area contributed by atoms with Crippen molar-refractivity contribution in [3.8, 4) is 11.4 Å². The van der Waals surface area contributed by atoms with Crippen LogP contribution in [0.25, 0.3) is 11.4 Å². The number of nitrogens with zero attached hydrogens (tertiary/aromatic N) is 3. The van der Waals surface area contributed by atoms with E-state index in [-0.39, 0.29) is 11.8 Å². The molecular weight excluding hydrogens is 352 g/mol. The first-order chi connectivity index (χ1) is 13.5. The number of rotatable bonds is 4. The van der Waals surface area contributed by atoms with Gasteiger partial charge in [-0.15, -0.1) is 0 Å². The number of anilines is 2. The predicted octanol–water partition coefficient (Wildman–Crippen LogP) is 3.77. The highest BCUT2D eigenvalue weighted by molar-refractivity contribution is 6.08. The van der Waals surface area contributed by atoms with E-state index >= 15 is 0 Å². The van der Waals surface area contributed by atoms with Gasteiger partial charge in [-0.25, -0.2) is 4.98 Å². The normalized spacial score (nSPS) is 13.8. The maximum Gasteiger partial charge on any atom is 0.256 e. The van der Waals surface area contributed by atoms with Gasteiger partial charge in [0.1, 0.15) is 5.82 Å². The summed E-state index contributed by atoms with van der Waals surface area (Å²) in [5.41, 5.74) is 3.92. The topological polar surface area (TPSA) is 67.2 Å². The van der Waals surface area contributed by atoms with Gasteiger partial charge in [0.05, 0.1) is 5.56 Å². The van der Waals surface area contributed by atoms with Crippen LogP contribution >= 0.6 is 0 Å². The van der Waals surface area contributed by atoms with Gasteiger partial charge >= 0.3 is 0 Å². The Morgan fingerprint density at radius 2 is 2.00 bits per heavy atom. The van der Waals surface area contributed by atoms with E-state index in [0.29, 0.717) is 17.7 Å². The molecule has 3 aromatic rings. The summed E-state index contributed by atoms with van der Waals surface area (Å²) in [5.74, 6) is 0.705. The number of benzene rings is 2. The molecule has 0 saturated carbocycles. The first kappa shape index (κ1) is 18.0. The lowest BCUT2D eigenvalue weighted by atomic mass is 10.1.